The molecule has 0 heterocycles. The largest absolute Gasteiger partial charge is 0.462 e. The molecular weight excluding hydrogens is 285 g/mol. The Labute approximate surface area is 123 Å². The van der Waals surface area contributed by atoms with Crippen molar-refractivity contribution in [3.63, 3.8) is 0 Å². The van der Waals surface area contributed by atoms with Crippen molar-refractivity contribution in [2.45, 2.75) is 32.1 Å². The average Bonchev–Trinajstić information content (AvgIpc) is 2.41. The van der Waals surface area contributed by atoms with Gasteiger partial charge in [-0.05, 0) is 30.9 Å². The summed E-state index contributed by atoms with van der Waals surface area (Å²) in [5, 5.41) is 0.654. The summed E-state index contributed by atoms with van der Waals surface area (Å²) in [5.41, 5.74) is 6.24. The first kappa shape index (κ1) is 14.5. The maximum Gasteiger partial charge on any atom is 0.340 e. The summed E-state index contributed by atoms with van der Waals surface area (Å²) in [7, 11) is 0. The minimum absolute atomic E-state index is 0.222. The molecule has 1 fully saturated rings. The van der Waals surface area contributed by atoms with Crippen LogP contribution in [0, 0.1) is 5.92 Å². The van der Waals surface area contributed by atoms with Gasteiger partial charge >= 0.3 is 5.97 Å². The summed E-state index contributed by atoms with van der Waals surface area (Å²) in [6, 6.07) is 3.00. The van der Waals surface area contributed by atoms with E-state index in [1.165, 1.54) is 31.4 Å². The molecule has 1 aliphatic carbocycles. The molecular formula is C14H17Cl2NO2. The quantitative estimate of drug-likeness (QED) is 0.668. The molecule has 1 aliphatic rings. The van der Waals surface area contributed by atoms with Crippen LogP contribution in [-0.4, -0.2) is 12.6 Å². The van der Waals surface area contributed by atoms with Crippen LogP contribution in [0.15, 0.2) is 12.1 Å². The highest BCUT2D eigenvalue weighted by Gasteiger charge is 2.19. The number of halogens is 2. The second-order valence-electron chi connectivity index (χ2n) is 4.95. The lowest BCUT2D eigenvalue weighted by molar-refractivity contribution is 0.0411. The topological polar surface area (TPSA) is 52.3 Å². The number of rotatable bonds is 3. The van der Waals surface area contributed by atoms with E-state index in [2.05, 4.69) is 0 Å². The van der Waals surface area contributed by atoms with E-state index in [0.717, 1.165) is 12.8 Å². The van der Waals surface area contributed by atoms with E-state index in [9.17, 15) is 4.79 Å². The Kier molecular flexibility index (Phi) is 4.94. The summed E-state index contributed by atoms with van der Waals surface area (Å²) >= 11 is 11.8. The van der Waals surface area contributed by atoms with Crippen LogP contribution in [0.4, 0.5) is 5.69 Å². The van der Waals surface area contributed by atoms with Crippen LogP contribution in [0.25, 0.3) is 0 Å². The Morgan fingerprint density at radius 2 is 1.95 bits per heavy atom. The third-order valence-corrected chi connectivity index (χ3v) is 4.02. The summed E-state index contributed by atoms with van der Waals surface area (Å²) in [6.07, 6.45) is 5.96. The SMILES string of the molecule is Nc1c(Cl)cc(Cl)cc1C(=O)OCC1CCCCC1. The fourth-order valence-electron chi connectivity index (χ4n) is 2.38. The van der Waals surface area contributed by atoms with Gasteiger partial charge in [0.05, 0.1) is 22.9 Å². The zero-order valence-corrected chi connectivity index (χ0v) is 12.1. The van der Waals surface area contributed by atoms with Gasteiger partial charge in [0.25, 0.3) is 0 Å². The minimum atomic E-state index is -0.451. The molecule has 5 heteroatoms. The third kappa shape index (κ3) is 3.77. The monoisotopic (exact) mass is 301 g/mol. The zero-order chi connectivity index (χ0) is 13.8. The van der Waals surface area contributed by atoms with E-state index in [-0.39, 0.29) is 16.3 Å². The number of nitrogen functional groups attached to an aromatic ring is 1. The smallest absolute Gasteiger partial charge is 0.340 e. The number of esters is 1. The van der Waals surface area contributed by atoms with Crippen molar-refractivity contribution < 1.29 is 9.53 Å². The molecule has 2 N–H and O–H groups in total. The molecule has 19 heavy (non-hydrogen) atoms. The number of ether oxygens (including phenoxy) is 1. The Balaban J connectivity index is 1.99. The first-order chi connectivity index (χ1) is 9.08. The normalized spacial score (nSPS) is 16.3. The van der Waals surface area contributed by atoms with Gasteiger partial charge in [0, 0.05) is 5.02 Å². The lowest BCUT2D eigenvalue weighted by atomic mass is 9.90. The van der Waals surface area contributed by atoms with Crippen LogP contribution in [0.5, 0.6) is 0 Å². The van der Waals surface area contributed by atoms with Gasteiger partial charge in [-0.15, -0.1) is 0 Å². The van der Waals surface area contributed by atoms with E-state index >= 15 is 0 Å². The van der Waals surface area contributed by atoms with Gasteiger partial charge in [-0.2, -0.15) is 0 Å². The van der Waals surface area contributed by atoms with Crippen LogP contribution in [0.1, 0.15) is 42.5 Å². The lowest BCUT2D eigenvalue weighted by Crippen LogP contribution is -2.17. The van der Waals surface area contributed by atoms with Gasteiger partial charge in [-0.1, -0.05) is 42.5 Å². The Bertz CT molecular complexity index is 471. The first-order valence-electron chi connectivity index (χ1n) is 6.49. The molecule has 0 spiro atoms. The molecule has 0 saturated heterocycles. The Hall–Kier alpha value is -0.930. The fraction of sp³-hybridized carbons (Fsp3) is 0.500. The fourth-order valence-corrected chi connectivity index (χ4v) is 2.87. The van der Waals surface area contributed by atoms with E-state index in [1.54, 1.807) is 0 Å². The number of carbonyl (C=O) groups excluding carboxylic acids is 1. The molecule has 2 rings (SSSR count). The van der Waals surface area contributed by atoms with Crippen LogP contribution >= 0.6 is 23.2 Å². The van der Waals surface area contributed by atoms with Gasteiger partial charge in [0.15, 0.2) is 0 Å². The van der Waals surface area contributed by atoms with Gasteiger partial charge in [0.2, 0.25) is 0 Å². The summed E-state index contributed by atoms with van der Waals surface area (Å²) in [6.45, 7) is 0.447. The second kappa shape index (κ2) is 6.49. The van der Waals surface area contributed by atoms with Gasteiger partial charge in [0.1, 0.15) is 0 Å². The average molecular weight is 302 g/mol. The van der Waals surface area contributed by atoms with Crippen molar-refractivity contribution in [3.05, 3.63) is 27.7 Å². The van der Waals surface area contributed by atoms with Crippen LogP contribution in [0.3, 0.4) is 0 Å². The molecule has 0 atom stereocenters. The molecule has 104 valence electrons. The Morgan fingerprint density at radius 3 is 2.63 bits per heavy atom. The lowest BCUT2D eigenvalue weighted by Gasteiger charge is -2.21. The van der Waals surface area contributed by atoms with Gasteiger partial charge < -0.3 is 10.5 Å². The van der Waals surface area contributed by atoms with E-state index in [0.29, 0.717) is 17.5 Å². The molecule has 3 nitrogen and oxygen atoms in total. The number of hydrogen-bond donors (Lipinski definition) is 1. The number of hydrogen-bond acceptors (Lipinski definition) is 3. The molecule has 1 aromatic carbocycles. The van der Waals surface area contributed by atoms with Crippen molar-refractivity contribution in [2.24, 2.45) is 5.92 Å². The molecule has 0 bridgehead atoms. The molecule has 0 aliphatic heterocycles. The number of carbonyl (C=O) groups is 1. The molecule has 0 amide bonds. The molecule has 0 unspecified atom stereocenters. The number of anilines is 1. The zero-order valence-electron chi connectivity index (χ0n) is 10.6. The highest BCUT2D eigenvalue weighted by molar-refractivity contribution is 6.37. The van der Waals surface area contributed by atoms with E-state index in [1.807, 2.05) is 0 Å². The minimum Gasteiger partial charge on any atom is -0.462 e. The summed E-state index contributed by atoms with van der Waals surface area (Å²) in [4.78, 5) is 12.0. The van der Waals surface area contributed by atoms with Gasteiger partial charge in [-0.3, -0.25) is 0 Å². The predicted molar refractivity (Wildman–Crippen MR) is 77.7 cm³/mol. The van der Waals surface area contributed by atoms with Gasteiger partial charge in [-0.25, -0.2) is 4.79 Å². The van der Waals surface area contributed by atoms with Crippen LogP contribution in [-0.2, 0) is 4.74 Å². The van der Waals surface area contributed by atoms with Crippen LogP contribution in [0.2, 0.25) is 10.0 Å². The van der Waals surface area contributed by atoms with E-state index < -0.39 is 5.97 Å². The van der Waals surface area contributed by atoms with Crippen molar-refractivity contribution in [1.82, 2.24) is 0 Å². The van der Waals surface area contributed by atoms with Crippen LogP contribution < -0.4 is 5.73 Å². The molecule has 1 saturated carbocycles. The van der Waals surface area contributed by atoms with Crippen molar-refractivity contribution in [1.29, 1.82) is 0 Å². The first-order valence-corrected chi connectivity index (χ1v) is 7.25. The molecule has 0 radical (unpaired) electrons. The highest BCUT2D eigenvalue weighted by Crippen LogP contribution is 2.29. The van der Waals surface area contributed by atoms with Crippen molar-refractivity contribution in [3.8, 4) is 0 Å². The molecule has 1 aromatic rings. The maximum atomic E-state index is 12.0. The third-order valence-electron chi connectivity index (χ3n) is 3.49. The number of benzene rings is 1. The standard InChI is InChI=1S/C14H17Cl2NO2/c15-10-6-11(13(17)12(16)7-10)14(18)19-8-9-4-2-1-3-5-9/h6-7,9H,1-5,8,17H2. The predicted octanol–water partition coefficient (Wildman–Crippen LogP) is 4.31. The maximum absolute atomic E-state index is 12.0. The summed E-state index contributed by atoms with van der Waals surface area (Å²) < 4.78 is 5.32. The van der Waals surface area contributed by atoms with Crippen molar-refractivity contribution in [2.75, 3.05) is 12.3 Å². The van der Waals surface area contributed by atoms with Crippen molar-refractivity contribution >= 4 is 34.9 Å². The van der Waals surface area contributed by atoms with E-state index in [4.69, 9.17) is 33.7 Å². The highest BCUT2D eigenvalue weighted by atomic mass is 35.5. The summed E-state index contributed by atoms with van der Waals surface area (Å²) in [5.74, 6) is 0.0149. The number of nitrogens with two attached hydrogens (primary N) is 1. The second-order valence-corrected chi connectivity index (χ2v) is 5.79. The molecule has 0 aromatic heterocycles. The Morgan fingerprint density at radius 1 is 1.26 bits per heavy atom.